The van der Waals surface area contributed by atoms with Crippen LogP contribution < -0.4 is 4.74 Å². The number of nitrogens with zero attached hydrogens (tertiary/aromatic N) is 3. The fraction of sp³-hybridized carbons (Fsp3) is 0.400. The van der Waals surface area contributed by atoms with Crippen LogP contribution in [0.1, 0.15) is 0 Å². The number of fused-ring (bicyclic) bond motifs is 3. The zero-order valence-electron chi connectivity index (χ0n) is 15.3. The van der Waals surface area contributed by atoms with Crippen LogP contribution in [0, 0.1) is 23.5 Å². The van der Waals surface area contributed by atoms with Gasteiger partial charge in [0.1, 0.15) is 28.8 Å². The number of likely N-dealkylation sites (tertiary alicyclic amines) is 1. The maximum absolute atomic E-state index is 14.3. The molecule has 2 aromatic heterocycles. The van der Waals surface area contributed by atoms with Crippen LogP contribution in [-0.4, -0.2) is 54.3 Å². The molecule has 0 spiro atoms. The number of halogens is 2. The fourth-order valence-corrected chi connectivity index (χ4v) is 5.22. The Morgan fingerprint density at radius 1 is 1.14 bits per heavy atom. The molecule has 0 amide bonds. The van der Waals surface area contributed by atoms with Gasteiger partial charge in [-0.1, -0.05) is 0 Å². The first-order valence-electron chi connectivity index (χ1n) is 9.20. The van der Waals surface area contributed by atoms with E-state index in [0.29, 0.717) is 35.7 Å². The Bertz CT molecular complexity index is 1010. The summed E-state index contributed by atoms with van der Waals surface area (Å²) in [4.78, 5) is 11.0. The Kier molecular flexibility index (Phi) is 4.49. The molecule has 146 valence electrons. The van der Waals surface area contributed by atoms with E-state index in [1.165, 1.54) is 29.8 Å². The first-order valence-corrected chi connectivity index (χ1v) is 10.1. The van der Waals surface area contributed by atoms with E-state index in [1.54, 1.807) is 0 Å². The van der Waals surface area contributed by atoms with E-state index in [4.69, 9.17) is 9.47 Å². The van der Waals surface area contributed by atoms with E-state index in [2.05, 4.69) is 21.9 Å². The van der Waals surface area contributed by atoms with E-state index in [1.807, 2.05) is 5.38 Å². The standard InChI is InChI=1S/C20H19F2N3O2S/c1-25-5-11-7-26-8-12(6-25)18(11)27-20-19-17(23-10-24-20)15(9-28-19)14-3-2-13(21)4-16(14)22/h2-4,9-12,18H,5-8H2,1H3. The molecular weight excluding hydrogens is 384 g/mol. The molecule has 1 aromatic carbocycles. The summed E-state index contributed by atoms with van der Waals surface area (Å²) in [7, 11) is 2.12. The summed E-state index contributed by atoms with van der Waals surface area (Å²) in [5.41, 5.74) is 1.56. The van der Waals surface area contributed by atoms with Crippen LogP contribution >= 0.6 is 11.3 Å². The monoisotopic (exact) mass is 403 g/mol. The number of thiophene rings is 1. The third-order valence-corrected chi connectivity index (χ3v) is 6.43. The smallest absolute Gasteiger partial charge is 0.235 e. The summed E-state index contributed by atoms with van der Waals surface area (Å²) < 4.78 is 40.4. The summed E-state index contributed by atoms with van der Waals surface area (Å²) in [6, 6.07) is 3.57. The van der Waals surface area contributed by atoms with Gasteiger partial charge in [-0.15, -0.1) is 11.3 Å². The third kappa shape index (κ3) is 3.05. The van der Waals surface area contributed by atoms with Gasteiger partial charge >= 0.3 is 0 Å². The lowest BCUT2D eigenvalue weighted by Crippen LogP contribution is -2.56. The maximum Gasteiger partial charge on any atom is 0.235 e. The van der Waals surface area contributed by atoms with Gasteiger partial charge in [-0.2, -0.15) is 0 Å². The van der Waals surface area contributed by atoms with Crippen molar-refractivity contribution in [3.63, 3.8) is 0 Å². The van der Waals surface area contributed by atoms with Crippen LogP contribution in [0.2, 0.25) is 0 Å². The number of piperidine rings is 1. The summed E-state index contributed by atoms with van der Waals surface area (Å²) in [5, 5.41) is 1.82. The highest BCUT2D eigenvalue weighted by Crippen LogP contribution is 2.39. The highest BCUT2D eigenvalue weighted by Gasteiger charge is 2.41. The van der Waals surface area contributed by atoms with Crippen molar-refractivity contribution in [1.29, 1.82) is 0 Å². The quantitative estimate of drug-likeness (QED) is 0.669. The molecular formula is C20H19F2N3O2S. The predicted octanol–water partition coefficient (Wildman–Crippen LogP) is 3.59. The second-order valence-electron chi connectivity index (χ2n) is 7.49. The van der Waals surface area contributed by atoms with Crippen LogP contribution in [0.15, 0.2) is 29.9 Å². The average molecular weight is 403 g/mol. The minimum atomic E-state index is -0.609. The molecule has 2 unspecified atom stereocenters. The number of hydrogen-bond acceptors (Lipinski definition) is 6. The van der Waals surface area contributed by atoms with Crippen molar-refractivity contribution in [2.24, 2.45) is 11.8 Å². The number of aromatic nitrogens is 2. The number of hydrogen-bond donors (Lipinski definition) is 0. The van der Waals surface area contributed by atoms with Crippen molar-refractivity contribution in [2.75, 3.05) is 33.4 Å². The molecule has 5 nitrogen and oxygen atoms in total. The molecule has 5 rings (SSSR count). The second-order valence-corrected chi connectivity index (χ2v) is 8.37. The van der Waals surface area contributed by atoms with Crippen molar-refractivity contribution in [2.45, 2.75) is 6.10 Å². The van der Waals surface area contributed by atoms with E-state index in [9.17, 15) is 8.78 Å². The molecule has 0 N–H and O–H groups in total. The van der Waals surface area contributed by atoms with Crippen molar-refractivity contribution in [1.82, 2.24) is 14.9 Å². The van der Waals surface area contributed by atoms with Crippen molar-refractivity contribution >= 4 is 21.6 Å². The largest absolute Gasteiger partial charge is 0.472 e. The van der Waals surface area contributed by atoms with Crippen LogP contribution in [0.3, 0.4) is 0 Å². The predicted molar refractivity (Wildman–Crippen MR) is 102 cm³/mol. The Labute approximate surface area is 164 Å². The Morgan fingerprint density at radius 3 is 2.68 bits per heavy atom. The Balaban J connectivity index is 1.51. The van der Waals surface area contributed by atoms with Crippen LogP contribution in [0.25, 0.3) is 21.3 Å². The van der Waals surface area contributed by atoms with Gasteiger partial charge in [0.25, 0.3) is 0 Å². The first kappa shape index (κ1) is 17.9. The van der Waals surface area contributed by atoms with E-state index >= 15 is 0 Å². The van der Waals surface area contributed by atoms with Gasteiger partial charge in [-0.25, -0.2) is 18.7 Å². The van der Waals surface area contributed by atoms with Crippen molar-refractivity contribution in [3.8, 4) is 17.0 Å². The molecule has 2 bridgehead atoms. The molecule has 0 radical (unpaired) electrons. The zero-order chi connectivity index (χ0) is 19.3. The summed E-state index contributed by atoms with van der Waals surface area (Å²) in [6.07, 6.45) is 1.48. The van der Waals surface area contributed by atoms with Crippen molar-refractivity contribution in [3.05, 3.63) is 41.5 Å². The van der Waals surface area contributed by atoms with Gasteiger partial charge in [0.15, 0.2) is 0 Å². The third-order valence-electron chi connectivity index (χ3n) is 5.48. The lowest BCUT2D eigenvalue weighted by molar-refractivity contribution is -0.109. The van der Waals surface area contributed by atoms with Gasteiger partial charge in [0.05, 0.1) is 18.7 Å². The molecule has 2 aliphatic rings. The number of rotatable bonds is 3. The molecule has 2 aliphatic heterocycles. The topological polar surface area (TPSA) is 47.5 Å². The molecule has 4 heterocycles. The van der Waals surface area contributed by atoms with Gasteiger partial charge in [-0.05, 0) is 19.2 Å². The van der Waals surface area contributed by atoms with E-state index < -0.39 is 11.6 Å². The lowest BCUT2D eigenvalue weighted by atomic mass is 9.85. The molecule has 0 saturated carbocycles. The van der Waals surface area contributed by atoms with E-state index in [-0.39, 0.29) is 17.9 Å². The average Bonchev–Trinajstić information content (AvgIpc) is 3.07. The lowest BCUT2D eigenvalue weighted by Gasteiger charge is -2.45. The molecule has 0 aliphatic carbocycles. The van der Waals surface area contributed by atoms with Gasteiger partial charge in [0, 0.05) is 47.5 Å². The summed E-state index contributed by atoms with van der Waals surface area (Å²) in [5.74, 6) is -0.110. The van der Waals surface area contributed by atoms with Crippen molar-refractivity contribution < 1.29 is 18.3 Å². The molecule has 3 aromatic rings. The maximum atomic E-state index is 14.3. The summed E-state index contributed by atoms with van der Waals surface area (Å²) in [6.45, 7) is 3.20. The summed E-state index contributed by atoms with van der Waals surface area (Å²) >= 11 is 1.41. The van der Waals surface area contributed by atoms with Gasteiger partial charge in [-0.3, -0.25) is 0 Å². The normalized spacial score (nSPS) is 25.2. The molecule has 2 fully saturated rings. The highest BCUT2D eigenvalue weighted by atomic mass is 32.1. The minimum Gasteiger partial charge on any atom is -0.472 e. The van der Waals surface area contributed by atoms with Crippen LogP contribution in [0.4, 0.5) is 8.78 Å². The molecule has 2 saturated heterocycles. The molecule has 2 atom stereocenters. The Hall–Kier alpha value is -2.16. The second kappa shape index (κ2) is 7.02. The SMILES string of the molecule is CN1CC2COCC(C1)C2Oc1ncnc2c(-c3ccc(F)cc3F)csc12. The van der Waals surface area contributed by atoms with Crippen LogP contribution in [0.5, 0.6) is 5.88 Å². The minimum absolute atomic E-state index is 0.0381. The first-order chi connectivity index (χ1) is 13.6. The molecule has 28 heavy (non-hydrogen) atoms. The van der Waals surface area contributed by atoms with Gasteiger partial charge in [0.2, 0.25) is 5.88 Å². The Morgan fingerprint density at radius 2 is 1.93 bits per heavy atom. The zero-order valence-corrected chi connectivity index (χ0v) is 16.1. The fourth-order valence-electron chi connectivity index (χ4n) is 4.27. The number of ether oxygens (including phenoxy) is 2. The van der Waals surface area contributed by atoms with Crippen LogP contribution in [-0.2, 0) is 4.74 Å². The number of benzene rings is 1. The highest BCUT2D eigenvalue weighted by molar-refractivity contribution is 7.18. The molecule has 8 heteroatoms. The van der Waals surface area contributed by atoms with E-state index in [0.717, 1.165) is 23.9 Å². The van der Waals surface area contributed by atoms with Gasteiger partial charge < -0.3 is 14.4 Å².